The van der Waals surface area contributed by atoms with E-state index in [1.54, 1.807) is 17.0 Å². The summed E-state index contributed by atoms with van der Waals surface area (Å²) in [6.45, 7) is 2.91. The monoisotopic (exact) mass is 250 g/mol. The van der Waals surface area contributed by atoms with Crippen LogP contribution in [0.2, 0.25) is 0 Å². The lowest BCUT2D eigenvalue weighted by atomic mass is 10.1. The highest BCUT2D eigenvalue weighted by molar-refractivity contribution is 5.87. The van der Waals surface area contributed by atoms with E-state index in [0.717, 1.165) is 18.7 Å². The molecule has 2 N–H and O–H groups in total. The highest BCUT2D eigenvalue weighted by Crippen LogP contribution is 2.03. The summed E-state index contributed by atoms with van der Waals surface area (Å²) in [6, 6.07) is -0.389. The van der Waals surface area contributed by atoms with Gasteiger partial charge in [0.05, 0.1) is 0 Å². The summed E-state index contributed by atoms with van der Waals surface area (Å²) in [6.07, 6.45) is 5.85. The first-order valence-corrected chi connectivity index (χ1v) is 6.27. The molecule has 1 atom stereocenters. The van der Waals surface area contributed by atoms with E-state index in [9.17, 15) is 9.59 Å². The Labute approximate surface area is 106 Å². The zero-order valence-electron chi connectivity index (χ0n) is 10.5. The standard InChI is InChI=1S/C12H18N4O2/c1-2-10-13-6-7-16(10)8-11(17)15-9-4-3-5-14-12(9)18/h6-7,9H,2-5,8H2,1H3,(H,14,18)(H,15,17)/t9-/m0/s1. The molecule has 98 valence electrons. The Kier molecular flexibility index (Phi) is 3.96. The molecule has 0 radical (unpaired) electrons. The molecule has 1 aliphatic heterocycles. The Morgan fingerprint density at radius 3 is 3.22 bits per heavy atom. The second-order valence-corrected chi connectivity index (χ2v) is 4.38. The van der Waals surface area contributed by atoms with Gasteiger partial charge in [0, 0.05) is 25.4 Å². The van der Waals surface area contributed by atoms with Crippen molar-refractivity contribution in [3.63, 3.8) is 0 Å². The third-order valence-electron chi connectivity index (χ3n) is 3.05. The van der Waals surface area contributed by atoms with Gasteiger partial charge in [-0.1, -0.05) is 6.92 Å². The zero-order valence-corrected chi connectivity index (χ0v) is 10.5. The molecular weight excluding hydrogens is 232 g/mol. The van der Waals surface area contributed by atoms with Crippen LogP contribution in [0.1, 0.15) is 25.6 Å². The van der Waals surface area contributed by atoms with E-state index in [-0.39, 0.29) is 24.4 Å². The highest BCUT2D eigenvalue weighted by Gasteiger charge is 2.23. The molecule has 6 heteroatoms. The molecule has 0 aliphatic carbocycles. The van der Waals surface area contributed by atoms with Crippen LogP contribution in [-0.4, -0.2) is 34.0 Å². The number of aromatic nitrogens is 2. The fraction of sp³-hybridized carbons (Fsp3) is 0.583. The maximum absolute atomic E-state index is 11.9. The van der Waals surface area contributed by atoms with Gasteiger partial charge in [0.25, 0.3) is 0 Å². The third kappa shape index (κ3) is 2.88. The fourth-order valence-corrected chi connectivity index (χ4v) is 2.10. The van der Waals surface area contributed by atoms with Gasteiger partial charge in [0.2, 0.25) is 11.8 Å². The van der Waals surface area contributed by atoms with E-state index < -0.39 is 0 Å². The number of rotatable bonds is 4. The van der Waals surface area contributed by atoms with Crippen LogP contribution in [-0.2, 0) is 22.6 Å². The molecule has 0 unspecified atom stereocenters. The predicted molar refractivity (Wildman–Crippen MR) is 65.8 cm³/mol. The number of aryl methyl sites for hydroxylation is 1. The average Bonchev–Trinajstić information content (AvgIpc) is 2.79. The summed E-state index contributed by atoms with van der Waals surface area (Å²) in [7, 11) is 0. The Bertz CT molecular complexity index is 441. The maximum Gasteiger partial charge on any atom is 0.242 e. The number of piperidine rings is 1. The highest BCUT2D eigenvalue weighted by atomic mass is 16.2. The topological polar surface area (TPSA) is 76.0 Å². The molecule has 2 amide bonds. The molecule has 2 rings (SSSR count). The number of nitrogens with one attached hydrogen (secondary N) is 2. The number of carbonyl (C=O) groups is 2. The van der Waals surface area contributed by atoms with E-state index in [0.29, 0.717) is 13.0 Å². The Hall–Kier alpha value is -1.85. The van der Waals surface area contributed by atoms with Gasteiger partial charge in [-0.25, -0.2) is 4.98 Å². The molecule has 1 aromatic heterocycles. The fourth-order valence-electron chi connectivity index (χ4n) is 2.10. The smallest absolute Gasteiger partial charge is 0.242 e. The largest absolute Gasteiger partial charge is 0.354 e. The van der Waals surface area contributed by atoms with E-state index >= 15 is 0 Å². The zero-order chi connectivity index (χ0) is 13.0. The molecule has 1 aromatic rings. The van der Waals surface area contributed by atoms with Crippen molar-refractivity contribution in [2.24, 2.45) is 0 Å². The van der Waals surface area contributed by atoms with Gasteiger partial charge in [0.15, 0.2) is 0 Å². The molecule has 0 saturated carbocycles. The minimum absolute atomic E-state index is 0.0871. The second-order valence-electron chi connectivity index (χ2n) is 4.38. The first-order valence-electron chi connectivity index (χ1n) is 6.27. The molecule has 18 heavy (non-hydrogen) atoms. The molecule has 0 aromatic carbocycles. The summed E-state index contributed by atoms with van der Waals surface area (Å²) in [5.74, 6) is 0.638. The Balaban J connectivity index is 1.90. The third-order valence-corrected chi connectivity index (χ3v) is 3.05. The Morgan fingerprint density at radius 1 is 1.67 bits per heavy atom. The summed E-state index contributed by atoms with van der Waals surface area (Å²) in [5, 5.41) is 5.50. The van der Waals surface area contributed by atoms with Crippen LogP contribution in [0.3, 0.4) is 0 Å². The van der Waals surface area contributed by atoms with Gasteiger partial charge in [-0.3, -0.25) is 9.59 Å². The average molecular weight is 250 g/mol. The SMILES string of the molecule is CCc1nccn1CC(=O)N[C@H]1CCCNC1=O. The van der Waals surface area contributed by atoms with Crippen molar-refractivity contribution in [1.82, 2.24) is 20.2 Å². The molecule has 0 spiro atoms. The lowest BCUT2D eigenvalue weighted by Crippen LogP contribution is -2.50. The second kappa shape index (κ2) is 5.66. The van der Waals surface area contributed by atoms with Gasteiger partial charge in [-0.2, -0.15) is 0 Å². The Morgan fingerprint density at radius 2 is 2.50 bits per heavy atom. The van der Waals surface area contributed by atoms with Crippen LogP contribution in [0.15, 0.2) is 12.4 Å². The molecule has 6 nitrogen and oxygen atoms in total. The number of nitrogens with zero attached hydrogens (tertiary/aromatic N) is 2. The van der Waals surface area contributed by atoms with Gasteiger partial charge >= 0.3 is 0 Å². The molecule has 2 heterocycles. The summed E-state index contributed by atoms with van der Waals surface area (Å²) in [5.41, 5.74) is 0. The van der Waals surface area contributed by atoms with Crippen molar-refractivity contribution in [3.8, 4) is 0 Å². The van der Waals surface area contributed by atoms with Crippen molar-refractivity contribution in [2.45, 2.75) is 38.8 Å². The lowest BCUT2D eigenvalue weighted by Gasteiger charge is -2.22. The van der Waals surface area contributed by atoms with Gasteiger partial charge in [-0.15, -0.1) is 0 Å². The van der Waals surface area contributed by atoms with Crippen LogP contribution in [0.5, 0.6) is 0 Å². The van der Waals surface area contributed by atoms with Crippen LogP contribution in [0, 0.1) is 0 Å². The first kappa shape index (κ1) is 12.6. The molecule has 1 saturated heterocycles. The van der Waals surface area contributed by atoms with Crippen molar-refractivity contribution < 1.29 is 9.59 Å². The van der Waals surface area contributed by atoms with E-state index in [4.69, 9.17) is 0 Å². The minimum atomic E-state index is -0.389. The maximum atomic E-state index is 11.9. The van der Waals surface area contributed by atoms with Crippen molar-refractivity contribution in [1.29, 1.82) is 0 Å². The number of imidazole rings is 1. The normalized spacial score (nSPS) is 19.4. The van der Waals surface area contributed by atoms with E-state index in [2.05, 4.69) is 15.6 Å². The first-order chi connectivity index (χ1) is 8.70. The van der Waals surface area contributed by atoms with Crippen molar-refractivity contribution >= 4 is 11.8 Å². The van der Waals surface area contributed by atoms with Crippen LogP contribution >= 0.6 is 0 Å². The van der Waals surface area contributed by atoms with E-state index in [1.165, 1.54) is 0 Å². The van der Waals surface area contributed by atoms with Gasteiger partial charge < -0.3 is 15.2 Å². The van der Waals surface area contributed by atoms with Crippen LogP contribution < -0.4 is 10.6 Å². The summed E-state index contributed by atoms with van der Waals surface area (Å²) in [4.78, 5) is 27.5. The number of hydrogen-bond acceptors (Lipinski definition) is 3. The minimum Gasteiger partial charge on any atom is -0.354 e. The molecule has 0 bridgehead atoms. The molecule has 1 fully saturated rings. The number of amides is 2. The molecule has 1 aliphatic rings. The van der Waals surface area contributed by atoms with Gasteiger partial charge in [0.1, 0.15) is 18.4 Å². The van der Waals surface area contributed by atoms with Crippen molar-refractivity contribution in [2.75, 3.05) is 6.54 Å². The predicted octanol–water partition coefficient (Wildman–Crippen LogP) is -0.160. The van der Waals surface area contributed by atoms with Crippen molar-refractivity contribution in [3.05, 3.63) is 18.2 Å². The van der Waals surface area contributed by atoms with Crippen LogP contribution in [0.25, 0.3) is 0 Å². The number of carbonyl (C=O) groups excluding carboxylic acids is 2. The summed E-state index contributed by atoms with van der Waals surface area (Å²) >= 11 is 0. The number of hydrogen-bond donors (Lipinski definition) is 2. The lowest BCUT2D eigenvalue weighted by molar-refractivity contribution is -0.130. The van der Waals surface area contributed by atoms with Crippen LogP contribution in [0.4, 0.5) is 0 Å². The van der Waals surface area contributed by atoms with E-state index in [1.807, 2.05) is 6.92 Å². The quantitative estimate of drug-likeness (QED) is 0.779. The van der Waals surface area contributed by atoms with Gasteiger partial charge in [-0.05, 0) is 12.8 Å². The molecular formula is C12H18N4O2. The summed E-state index contributed by atoms with van der Waals surface area (Å²) < 4.78 is 1.80.